The number of hydrogen-bond acceptors (Lipinski definition) is 5. The molecular weight excluding hydrogens is 456 g/mol. The summed E-state index contributed by atoms with van der Waals surface area (Å²) in [5.41, 5.74) is 5.31. The van der Waals surface area contributed by atoms with Crippen LogP contribution in [0.4, 0.5) is 0 Å². The zero-order chi connectivity index (χ0) is 25.4. The number of carbonyl (C=O) groups is 3. The lowest BCUT2D eigenvalue weighted by molar-refractivity contribution is -0.146. The van der Waals surface area contributed by atoms with Crippen molar-refractivity contribution in [1.29, 1.82) is 0 Å². The first-order valence-electron chi connectivity index (χ1n) is 12.1. The van der Waals surface area contributed by atoms with E-state index in [-0.39, 0.29) is 38.4 Å². The van der Waals surface area contributed by atoms with Crippen molar-refractivity contribution in [1.82, 2.24) is 10.8 Å². The van der Waals surface area contributed by atoms with Gasteiger partial charge in [0.2, 0.25) is 5.91 Å². The second kappa shape index (κ2) is 15.1. The molecule has 0 aliphatic heterocycles. The molecule has 2 amide bonds. The summed E-state index contributed by atoms with van der Waals surface area (Å²) in [4.78, 5) is 42.9. The summed E-state index contributed by atoms with van der Waals surface area (Å²) in [6, 6.07) is 27.7. The van der Waals surface area contributed by atoms with Crippen molar-refractivity contribution < 1.29 is 24.0 Å². The largest absolute Gasteiger partial charge is 0.461 e. The Morgan fingerprint density at radius 3 is 1.86 bits per heavy atom. The second-order valence-corrected chi connectivity index (χ2v) is 8.38. The molecule has 7 heteroatoms. The fourth-order valence-corrected chi connectivity index (χ4v) is 3.54. The molecule has 0 spiro atoms. The van der Waals surface area contributed by atoms with Crippen LogP contribution in [0.1, 0.15) is 42.4 Å². The van der Waals surface area contributed by atoms with Gasteiger partial charge in [0.05, 0.1) is 6.61 Å². The van der Waals surface area contributed by atoms with Crippen molar-refractivity contribution in [3.8, 4) is 0 Å². The van der Waals surface area contributed by atoms with Crippen LogP contribution in [0.15, 0.2) is 91.0 Å². The Kier molecular flexibility index (Phi) is 11.2. The minimum Gasteiger partial charge on any atom is -0.461 e. The van der Waals surface area contributed by atoms with Crippen LogP contribution in [0.5, 0.6) is 0 Å². The predicted octanol–water partition coefficient (Wildman–Crippen LogP) is 4.27. The molecule has 188 valence electrons. The van der Waals surface area contributed by atoms with E-state index in [0.29, 0.717) is 6.42 Å². The number of nitrogens with one attached hydrogen (secondary N) is 2. The fraction of sp³-hybridized carbons (Fsp3) is 0.276. The van der Waals surface area contributed by atoms with E-state index in [0.717, 1.165) is 23.1 Å². The Balaban J connectivity index is 1.48. The average molecular weight is 489 g/mol. The lowest BCUT2D eigenvalue weighted by atomic mass is 10.1. The molecule has 0 heterocycles. The molecule has 0 saturated carbocycles. The fourth-order valence-electron chi connectivity index (χ4n) is 3.54. The van der Waals surface area contributed by atoms with Crippen molar-refractivity contribution in [2.75, 3.05) is 0 Å². The first-order chi connectivity index (χ1) is 17.6. The molecule has 2 N–H and O–H groups in total. The highest BCUT2D eigenvalue weighted by molar-refractivity contribution is 5.87. The van der Waals surface area contributed by atoms with Crippen molar-refractivity contribution in [3.63, 3.8) is 0 Å². The zero-order valence-electron chi connectivity index (χ0n) is 20.2. The van der Waals surface area contributed by atoms with Crippen LogP contribution in [0.25, 0.3) is 0 Å². The lowest BCUT2D eigenvalue weighted by Gasteiger charge is -2.18. The van der Waals surface area contributed by atoms with E-state index in [4.69, 9.17) is 9.57 Å². The molecule has 0 fully saturated rings. The SMILES string of the molecule is O=C(CCCc1ccccc1)N[C@H](CCC(=O)OCc1ccccc1)C(=O)NOCc1ccccc1. The van der Waals surface area contributed by atoms with Crippen molar-refractivity contribution in [2.45, 2.75) is 51.4 Å². The minimum absolute atomic E-state index is 0.0199. The van der Waals surface area contributed by atoms with Gasteiger partial charge in [-0.3, -0.25) is 19.2 Å². The molecule has 0 saturated heterocycles. The maximum Gasteiger partial charge on any atom is 0.306 e. The average Bonchev–Trinajstić information content (AvgIpc) is 2.91. The van der Waals surface area contributed by atoms with Crippen LogP contribution < -0.4 is 10.8 Å². The number of esters is 1. The minimum atomic E-state index is -0.922. The van der Waals surface area contributed by atoms with Gasteiger partial charge in [-0.05, 0) is 36.0 Å². The van der Waals surface area contributed by atoms with Crippen LogP contribution >= 0.6 is 0 Å². The molecule has 3 aromatic rings. The summed E-state index contributed by atoms with van der Waals surface area (Å²) < 4.78 is 5.30. The molecule has 0 aliphatic carbocycles. The molecule has 0 unspecified atom stereocenters. The summed E-state index contributed by atoms with van der Waals surface area (Å²) in [5, 5.41) is 2.74. The molecule has 3 rings (SSSR count). The Morgan fingerprint density at radius 1 is 0.694 bits per heavy atom. The van der Waals surface area contributed by atoms with Gasteiger partial charge in [0, 0.05) is 12.8 Å². The Hall–Kier alpha value is -3.97. The van der Waals surface area contributed by atoms with E-state index in [1.54, 1.807) is 0 Å². The zero-order valence-corrected chi connectivity index (χ0v) is 20.2. The second-order valence-electron chi connectivity index (χ2n) is 8.38. The van der Waals surface area contributed by atoms with Gasteiger partial charge in [-0.2, -0.15) is 0 Å². The predicted molar refractivity (Wildman–Crippen MR) is 136 cm³/mol. The number of rotatable bonds is 14. The number of amides is 2. The number of carbonyl (C=O) groups excluding carboxylic acids is 3. The summed E-state index contributed by atoms with van der Waals surface area (Å²) >= 11 is 0. The Bertz CT molecular complexity index is 1070. The molecule has 0 radical (unpaired) electrons. The van der Waals surface area contributed by atoms with Gasteiger partial charge in [0.1, 0.15) is 12.6 Å². The summed E-state index contributed by atoms with van der Waals surface area (Å²) in [6.45, 7) is 0.339. The highest BCUT2D eigenvalue weighted by Gasteiger charge is 2.22. The van der Waals surface area contributed by atoms with Gasteiger partial charge in [-0.25, -0.2) is 5.48 Å². The smallest absolute Gasteiger partial charge is 0.306 e. The highest BCUT2D eigenvalue weighted by atomic mass is 16.6. The van der Waals surface area contributed by atoms with Crippen molar-refractivity contribution >= 4 is 17.8 Å². The normalized spacial score (nSPS) is 11.3. The van der Waals surface area contributed by atoms with Gasteiger partial charge >= 0.3 is 5.97 Å². The number of hydroxylamine groups is 1. The molecule has 36 heavy (non-hydrogen) atoms. The lowest BCUT2D eigenvalue weighted by Crippen LogP contribution is -2.47. The van der Waals surface area contributed by atoms with Crippen LogP contribution in [-0.4, -0.2) is 23.8 Å². The topological polar surface area (TPSA) is 93.7 Å². The van der Waals surface area contributed by atoms with Gasteiger partial charge < -0.3 is 10.1 Å². The standard InChI is InChI=1S/C29H32N2O5/c32-27(18-10-17-23-11-4-1-5-12-23)30-26(29(34)31-36-22-25-15-8-3-9-16-25)19-20-28(33)35-21-24-13-6-2-7-14-24/h1-9,11-16,26H,10,17-22H2,(H,30,32)(H,31,34)/t26-/m1/s1. The molecule has 0 bridgehead atoms. The van der Waals surface area contributed by atoms with Gasteiger partial charge in [-0.1, -0.05) is 91.0 Å². The number of aryl methyl sites for hydroxylation is 1. The van der Waals surface area contributed by atoms with Crippen LogP contribution in [0, 0.1) is 0 Å². The van der Waals surface area contributed by atoms with Crippen LogP contribution in [0.3, 0.4) is 0 Å². The molecule has 1 atom stereocenters. The van der Waals surface area contributed by atoms with Crippen molar-refractivity contribution in [2.24, 2.45) is 0 Å². The maximum atomic E-state index is 12.8. The number of ether oxygens (including phenoxy) is 1. The van der Waals surface area contributed by atoms with Gasteiger partial charge in [0.25, 0.3) is 5.91 Å². The molecule has 0 aromatic heterocycles. The van der Waals surface area contributed by atoms with Gasteiger partial charge in [-0.15, -0.1) is 0 Å². The third-order valence-electron chi connectivity index (χ3n) is 5.50. The highest BCUT2D eigenvalue weighted by Crippen LogP contribution is 2.08. The summed E-state index contributed by atoms with van der Waals surface area (Å²) in [7, 11) is 0. The van der Waals surface area contributed by atoms with E-state index in [1.807, 2.05) is 91.0 Å². The Labute approximate surface area is 211 Å². The first-order valence-corrected chi connectivity index (χ1v) is 12.1. The summed E-state index contributed by atoms with van der Waals surface area (Å²) in [5.74, 6) is -1.22. The van der Waals surface area contributed by atoms with E-state index in [9.17, 15) is 14.4 Å². The van der Waals surface area contributed by atoms with Crippen LogP contribution in [0.2, 0.25) is 0 Å². The monoisotopic (exact) mass is 488 g/mol. The number of hydrogen-bond donors (Lipinski definition) is 2. The van der Waals surface area contributed by atoms with Crippen LogP contribution in [-0.2, 0) is 43.6 Å². The van der Waals surface area contributed by atoms with Gasteiger partial charge in [0.15, 0.2) is 0 Å². The molecular formula is C29H32N2O5. The van der Waals surface area contributed by atoms with E-state index in [1.165, 1.54) is 0 Å². The van der Waals surface area contributed by atoms with Crippen molar-refractivity contribution in [3.05, 3.63) is 108 Å². The third-order valence-corrected chi connectivity index (χ3v) is 5.50. The van der Waals surface area contributed by atoms with E-state index < -0.39 is 17.9 Å². The molecule has 3 aromatic carbocycles. The number of benzene rings is 3. The molecule has 0 aliphatic rings. The van der Waals surface area contributed by atoms with E-state index >= 15 is 0 Å². The maximum absolute atomic E-state index is 12.8. The quantitative estimate of drug-likeness (QED) is 0.261. The Morgan fingerprint density at radius 2 is 1.25 bits per heavy atom. The molecule has 7 nitrogen and oxygen atoms in total. The third kappa shape index (κ3) is 10.1. The summed E-state index contributed by atoms with van der Waals surface area (Å²) in [6.07, 6.45) is 1.75. The van der Waals surface area contributed by atoms with E-state index in [2.05, 4.69) is 10.8 Å². The first kappa shape index (κ1) is 26.6.